The molecule has 29 heavy (non-hydrogen) atoms. The average Bonchev–Trinajstić information content (AvgIpc) is 2.62. The lowest BCUT2D eigenvalue weighted by Gasteiger charge is -2.50. The molecule has 1 aromatic rings. The first-order valence-electron chi connectivity index (χ1n) is 8.96. The van der Waals surface area contributed by atoms with Crippen LogP contribution in [0.2, 0.25) is 0 Å². The molecule has 9 nitrogen and oxygen atoms in total. The lowest BCUT2D eigenvalue weighted by molar-refractivity contribution is -0.152. The molecule has 0 saturated heterocycles. The Morgan fingerprint density at radius 2 is 1.83 bits per heavy atom. The van der Waals surface area contributed by atoms with Crippen molar-refractivity contribution in [3.63, 3.8) is 0 Å². The monoisotopic (exact) mass is 401 g/mol. The molecule has 0 aromatic heterocycles. The van der Waals surface area contributed by atoms with Crippen LogP contribution in [0.4, 0.5) is 0 Å². The molecule has 1 amide bonds. The van der Waals surface area contributed by atoms with Gasteiger partial charge in [-0.3, -0.25) is 14.4 Å². The average molecular weight is 401 g/mol. The SMILES string of the molecule is CC1(O)c2cccc(O)c2C(O)=C2C(=O)[C@@]3(O)C(O)=C(C(N)=O)C(=O)C[C@H]3C[C@H]21. The number of fused-ring (bicyclic) bond motifs is 3. The zero-order valence-corrected chi connectivity index (χ0v) is 15.3. The number of phenols is 1. The molecule has 0 heterocycles. The van der Waals surface area contributed by atoms with E-state index >= 15 is 0 Å². The van der Waals surface area contributed by atoms with E-state index in [1.54, 1.807) is 0 Å². The number of carbonyl (C=O) groups is 3. The van der Waals surface area contributed by atoms with Gasteiger partial charge in [0.2, 0.25) is 5.78 Å². The van der Waals surface area contributed by atoms with Crippen LogP contribution in [-0.4, -0.2) is 48.6 Å². The van der Waals surface area contributed by atoms with Gasteiger partial charge < -0.3 is 31.3 Å². The normalized spacial score (nSPS) is 33.9. The van der Waals surface area contributed by atoms with Gasteiger partial charge in [-0.2, -0.15) is 0 Å². The summed E-state index contributed by atoms with van der Waals surface area (Å²) in [7, 11) is 0. The summed E-state index contributed by atoms with van der Waals surface area (Å²) in [4.78, 5) is 37.2. The fourth-order valence-electron chi connectivity index (χ4n) is 4.87. The van der Waals surface area contributed by atoms with Gasteiger partial charge in [0.05, 0.1) is 11.2 Å². The summed E-state index contributed by atoms with van der Waals surface area (Å²) in [6, 6.07) is 4.22. The molecule has 1 fully saturated rings. The van der Waals surface area contributed by atoms with Crippen LogP contribution >= 0.6 is 0 Å². The van der Waals surface area contributed by atoms with Crippen molar-refractivity contribution < 1.29 is 39.9 Å². The highest BCUT2D eigenvalue weighted by molar-refractivity contribution is 6.22. The van der Waals surface area contributed by atoms with E-state index in [9.17, 15) is 39.9 Å². The van der Waals surface area contributed by atoms with Crippen molar-refractivity contribution in [2.75, 3.05) is 0 Å². The maximum absolute atomic E-state index is 13.3. The Balaban J connectivity index is 2.01. The summed E-state index contributed by atoms with van der Waals surface area (Å²) in [5.74, 6) is -7.61. The van der Waals surface area contributed by atoms with Crippen molar-refractivity contribution in [1.82, 2.24) is 0 Å². The number of rotatable bonds is 1. The summed E-state index contributed by atoms with van der Waals surface area (Å²) in [6.07, 6.45) is -0.594. The molecule has 152 valence electrons. The largest absolute Gasteiger partial charge is 0.508 e. The van der Waals surface area contributed by atoms with E-state index in [0.29, 0.717) is 0 Å². The standard InChI is InChI=1S/C20H19NO8/c1-19(28)8-3-2-4-10(22)12(8)15(24)13-9(19)5-7-6-11(23)14(18(21)27)17(26)20(7,29)16(13)25/h2-4,7,9,22,24,26,28-29H,5-6H2,1H3,(H2,21,27)/t7-,9-,19?,20-/m1/s1. The number of amides is 1. The van der Waals surface area contributed by atoms with Crippen LogP contribution in [-0.2, 0) is 20.0 Å². The number of Topliss-reactive ketones (excluding diaryl/α,β-unsaturated/α-hetero) is 2. The van der Waals surface area contributed by atoms with E-state index in [1.807, 2.05) is 0 Å². The molecular weight excluding hydrogens is 382 g/mol. The zero-order chi connectivity index (χ0) is 21.5. The van der Waals surface area contributed by atoms with Gasteiger partial charge in [0.1, 0.15) is 22.8 Å². The Morgan fingerprint density at radius 1 is 1.17 bits per heavy atom. The van der Waals surface area contributed by atoms with E-state index in [0.717, 1.165) is 0 Å². The number of primary amides is 1. The molecule has 0 bridgehead atoms. The molecular formula is C20H19NO8. The number of aromatic hydroxyl groups is 1. The number of hydrogen-bond donors (Lipinski definition) is 6. The van der Waals surface area contributed by atoms with Crippen LogP contribution in [0.25, 0.3) is 5.76 Å². The zero-order valence-electron chi connectivity index (χ0n) is 15.3. The summed E-state index contributed by atoms with van der Waals surface area (Å²) < 4.78 is 0. The molecule has 4 atom stereocenters. The molecule has 7 N–H and O–H groups in total. The van der Waals surface area contributed by atoms with Crippen LogP contribution in [0, 0.1) is 11.8 Å². The summed E-state index contributed by atoms with van der Waals surface area (Å²) in [6.45, 7) is 1.40. The van der Waals surface area contributed by atoms with Crippen LogP contribution in [0.15, 0.2) is 35.1 Å². The van der Waals surface area contributed by atoms with Crippen molar-refractivity contribution >= 4 is 23.2 Å². The number of nitrogens with two attached hydrogens (primary N) is 1. The van der Waals surface area contributed by atoms with E-state index in [-0.39, 0.29) is 23.3 Å². The second kappa shape index (κ2) is 5.68. The van der Waals surface area contributed by atoms with Crippen molar-refractivity contribution in [1.29, 1.82) is 0 Å². The summed E-state index contributed by atoms with van der Waals surface area (Å²) >= 11 is 0. The molecule has 3 aliphatic carbocycles. The molecule has 9 heteroatoms. The number of aliphatic hydroxyl groups is 4. The van der Waals surface area contributed by atoms with Gasteiger partial charge in [-0.05, 0) is 25.0 Å². The number of hydrogen-bond acceptors (Lipinski definition) is 8. The molecule has 1 unspecified atom stereocenters. The molecule has 1 aromatic carbocycles. The topological polar surface area (TPSA) is 178 Å². The van der Waals surface area contributed by atoms with Gasteiger partial charge in [-0.25, -0.2) is 0 Å². The van der Waals surface area contributed by atoms with Gasteiger partial charge in [0, 0.05) is 23.8 Å². The molecule has 0 aliphatic heterocycles. The van der Waals surface area contributed by atoms with Gasteiger partial charge in [0.15, 0.2) is 11.4 Å². The Kier molecular flexibility index (Phi) is 3.75. The minimum Gasteiger partial charge on any atom is -0.508 e. The van der Waals surface area contributed by atoms with Gasteiger partial charge >= 0.3 is 0 Å². The maximum atomic E-state index is 13.3. The fourth-order valence-corrected chi connectivity index (χ4v) is 4.87. The Morgan fingerprint density at radius 3 is 2.45 bits per heavy atom. The van der Waals surface area contributed by atoms with Crippen LogP contribution in [0.1, 0.15) is 30.9 Å². The first kappa shape index (κ1) is 19.2. The quantitative estimate of drug-likeness (QED) is 0.358. The molecule has 4 rings (SSSR count). The number of phenolic OH excluding ortho intramolecular Hbond substituents is 1. The fraction of sp³-hybridized carbons (Fsp3) is 0.350. The van der Waals surface area contributed by atoms with Crippen LogP contribution < -0.4 is 5.73 Å². The minimum absolute atomic E-state index is 0.147. The van der Waals surface area contributed by atoms with Gasteiger partial charge in [-0.15, -0.1) is 0 Å². The third-order valence-electron chi connectivity index (χ3n) is 6.36. The third-order valence-corrected chi connectivity index (χ3v) is 6.36. The van der Waals surface area contributed by atoms with Crippen molar-refractivity contribution in [3.8, 4) is 5.75 Å². The lowest BCUT2D eigenvalue weighted by atomic mass is 9.56. The molecule has 0 radical (unpaired) electrons. The highest BCUT2D eigenvalue weighted by Crippen LogP contribution is 2.56. The Bertz CT molecular complexity index is 1070. The Labute approximate surface area is 164 Å². The van der Waals surface area contributed by atoms with Crippen LogP contribution in [0.5, 0.6) is 5.75 Å². The highest BCUT2D eigenvalue weighted by atomic mass is 16.3. The second-order valence-corrected chi connectivity index (χ2v) is 7.91. The number of carbonyl (C=O) groups excluding carboxylic acids is 3. The second-order valence-electron chi connectivity index (χ2n) is 7.91. The van der Waals surface area contributed by atoms with E-state index in [2.05, 4.69) is 0 Å². The summed E-state index contributed by atoms with van der Waals surface area (Å²) in [5, 5.41) is 53.7. The predicted molar refractivity (Wildman–Crippen MR) is 97.3 cm³/mol. The van der Waals surface area contributed by atoms with Gasteiger partial charge in [0.25, 0.3) is 5.91 Å². The maximum Gasteiger partial charge on any atom is 0.255 e. The van der Waals surface area contributed by atoms with E-state index in [4.69, 9.17) is 5.73 Å². The third kappa shape index (κ3) is 2.19. The van der Waals surface area contributed by atoms with Crippen molar-refractivity contribution in [3.05, 3.63) is 46.2 Å². The number of ketones is 2. The highest BCUT2D eigenvalue weighted by Gasteiger charge is 2.63. The minimum atomic E-state index is -2.66. The van der Waals surface area contributed by atoms with E-state index < -0.39 is 69.6 Å². The Hall–Kier alpha value is -3.17. The van der Waals surface area contributed by atoms with Crippen LogP contribution in [0.3, 0.4) is 0 Å². The number of benzene rings is 1. The molecule has 0 spiro atoms. The van der Waals surface area contributed by atoms with Gasteiger partial charge in [-0.1, -0.05) is 12.1 Å². The smallest absolute Gasteiger partial charge is 0.255 e. The number of aliphatic hydroxyl groups excluding tert-OH is 2. The van der Waals surface area contributed by atoms with E-state index in [1.165, 1.54) is 25.1 Å². The lowest BCUT2D eigenvalue weighted by Crippen LogP contribution is -2.60. The molecule has 3 aliphatic rings. The van der Waals surface area contributed by atoms with Crippen molar-refractivity contribution in [2.45, 2.75) is 31.0 Å². The summed E-state index contributed by atoms with van der Waals surface area (Å²) in [5.41, 5.74) is -0.491. The molecule has 1 saturated carbocycles. The van der Waals surface area contributed by atoms with Crippen molar-refractivity contribution in [2.24, 2.45) is 17.6 Å². The first-order valence-corrected chi connectivity index (χ1v) is 8.96. The predicted octanol–water partition coefficient (Wildman–Crippen LogP) is 0.0889. The first-order chi connectivity index (χ1) is 13.4.